The summed E-state index contributed by atoms with van der Waals surface area (Å²) in [5.41, 5.74) is 1.54. The summed E-state index contributed by atoms with van der Waals surface area (Å²) in [6, 6.07) is 15.0. The fraction of sp³-hybridized carbons (Fsp3) is 0.185. The number of ketones is 1. The highest BCUT2D eigenvalue weighted by molar-refractivity contribution is 6.51. The van der Waals surface area contributed by atoms with Gasteiger partial charge in [0.15, 0.2) is 0 Å². The maximum atomic E-state index is 13.2. The Balaban J connectivity index is 1.77. The van der Waals surface area contributed by atoms with Gasteiger partial charge in [0.25, 0.3) is 11.7 Å². The molecule has 1 atom stereocenters. The highest BCUT2D eigenvalue weighted by Crippen LogP contribution is 2.42. The van der Waals surface area contributed by atoms with Crippen LogP contribution in [0.3, 0.4) is 0 Å². The highest BCUT2D eigenvalue weighted by Gasteiger charge is 2.47. The van der Waals surface area contributed by atoms with Crippen molar-refractivity contribution in [1.29, 1.82) is 0 Å². The van der Waals surface area contributed by atoms with Crippen LogP contribution in [0.5, 0.6) is 0 Å². The minimum Gasteiger partial charge on any atom is -0.507 e. The molecular formula is C27H23ClN2O5. The summed E-state index contributed by atoms with van der Waals surface area (Å²) in [5.74, 6) is -2.22. The molecule has 2 heterocycles. The van der Waals surface area contributed by atoms with Gasteiger partial charge in [0.1, 0.15) is 5.76 Å². The van der Waals surface area contributed by atoms with Crippen LogP contribution in [0.2, 0.25) is 5.02 Å². The zero-order valence-corrected chi connectivity index (χ0v) is 19.9. The fourth-order valence-electron chi connectivity index (χ4n) is 3.80. The van der Waals surface area contributed by atoms with Gasteiger partial charge in [-0.3, -0.25) is 19.5 Å². The molecule has 1 saturated heterocycles. The van der Waals surface area contributed by atoms with Crippen molar-refractivity contribution in [2.75, 3.05) is 11.5 Å². The Morgan fingerprint density at radius 1 is 1.06 bits per heavy atom. The van der Waals surface area contributed by atoms with Gasteiger partial charge in [-0.25, -0.2) is 4.79 Å². The van der Waals surface area contributed by atoms with Gasteiger partial charge in [0, 0.05) is 28.7 Å². The Morgan fingerprint density at radius 3 is 2.31 bits per heavy atom. The topological polar surface area (TPSA) is 96.8 Å². The van der Waals surface area contributed by atoms with Crippen LogP contribution in [0.15, 0.2) is 78.6 Å². The van der Waals surface area contributed by atoms with Crippen molar-refractivity contribution in [1.82, 2.24) is 4.98 Å². The molecule has 0 aliphatic carbocycles. The quantitative estimate of drug-likeness (QED) is 0.221. The minimum atomic E-state index is -0.918. The molecule has 1 aliphatic heterocycles. The molecule has 1 amide bonds. The van der Waals surface area contributed by atoms with Crippen molar-refractivity contribution in [2.24, 2.45) is 5.92 Å². The monoisotopic (exact) mass is 490 g/mol. The number of ether oxygens (including phenoxy) is 1. The summed E-state index contributed by atoms with van der Waals surface area (Å²) in [6.45, 7) is 4.17. The molecule has 35 heavy (non-hydrogen) atoms. The van der Waals surface area contributed by atoms with E-state index in [9.17, 15) is 19.5 Å². The largest absolute Gasteiger partial charge is 0.507 e. The second-order valence-corrected chi connectivity index (χ2v) is 8.94. The number of benzene rings is 2. The third kappa shape index (κ3) is 4.95. The Labute approximate surface area is 207 Å². The van der Waals surface area contributed by atoms with E-state index in [0.29, 0.717) is 34.0 Å². The summed E-state index contributed by atoms with van der Waals surface area (Å²) in [6.07, 6.45) is 3.11. The maximum absolute atomic E-state index is 13.2. The predicted octanol–water partition coefficient (Wildman–Crippen LogP) is 5.17. The normalized spacial score (nSPS) is 17.1. The molecule has 1 unspecified atom stereocenters. The second kappa shape index (κ2) is 10.1. The van der Waals surface area contributed by atoms with Gasteiger partial charge in [0.05, 0.1) is 23.8 Å². The van der Waals surface area contributed by atoms with Crippen LogP contribution < -0.4 is 4.90 Å². The van der Waals surface area contributed by atoms with Crippen molar-refractivity contribution < 1.29 is 24.2 Å². The van der Waals surface area contributed by atoms with E-state index in [2.05, 4.69) is 4.98 Å². The molecule has 3 aromatic rings. The molecule has 2 aromatic carbocycles. The van der Waals surface area contributed by atoms with Gasteiger partial charge in [-0.2, -0.15) is 0 Å². The predicted molar refractivity (Wildman–Crippen MR) is 132 cm³/mol. The van der Waals surface area contributed by atoms with E-state index in [1.54, 1.807) is 54.7 Å². The number of carbonyl (C=O) groups excluding carboxylic acids is 3. The highest BCUT2D eigenvalue weighted by atomic mass is 35.5. The van der Waals surface area contributed by atoms with Crippen LogP contribution in [0.4, 0.5) is 5.69 Å². The van der Waals surface area contributed by atoms with E-state index in [0.717, 1.165) is 0 Å². The molecule has 4 rings (SSSR count). The Hall–Kier alpha value is -3.97. The lowest BCUT2D eigenvalue weighted by atomic mass is 9.96. The first kappa shape index (κ1) is 24.2. The number of Topliss-reactive ketones (excluding diaryl/α,β-unsaturated/α-hetero) is 1. The van der Waals surface area contributed by atoms with Gasteiger partial charge < -0.3 is 9.84 Å². The van der Waals surface area contributed by atoms with Gasteiger partial charge >= 0.3 is 5.97 Å². The zero-order chi connectivity index (χ0) is 25.1. The number of hydrogen-bond donors (Lipinski definition) is 1. The molecule has 178 valence electrons. The number of aliphatic hydroxyl groups is 1. The lowest BCUT2D eigenvalue weighted by Gasteiger charge is -2.25. The molecule has 0 radical (unpaired) electrons. The van der Waals surface area contributed by atoms with E-state index >= 15 is 0 Å². The van der Waals surface area contributed by atoms with Crippen molar-refractivity contribution >= 4 is 40.7 Å². The minimum absolute atomic E-state index is 0.0641. The van der Waals surface area contributed by atoms with Crippen molar-refractivity contribution in [3.05, 3.63) is 100 Å². The molecule has 8 heteroatoms. The molecule has 0 saturated carbocycles. The van der Waals surface area contributed by atoms with Crippen LogP contribution in [-0.2, 0) is 14.3 Å². The van der Waals surface area contributed by atoms with Crippen LogP contribution in [-0.4, -0.2) is 34.4 Å². The number of halogens is 1. The molecular weight excluding hydrogens is 468 g/mol. The number of rotatable bonds is 6. The first-order chi connectivity index (χ1) is 16.8. The molecule has 0 bridgehead atoms. The first-order valence-corrected chi connectivity index (χ1v) is 11.4. The summed E-state index contributed by atoms with van der Waals surface area (Å²) in [5, 5.41) is 11.5. The van der Waals surface area contributed by atoms with E-state index in [-0.39, 0.29) is 17.3 Å². The summed E-state index contributed by atoms with van der Waals surface area (Å²) < 4.78 is 5.26. The number of anilines is 1. The van der Waals surface area contributed by atoms with Crippen LogP contribution in [0, 0.1) is 5.92 Å². The van der Waals surface area contributed by atoms with E-state index in [1.165, 1.54) is 23.2 Å². The first-order valence-electron chi connectivity index (χ1n) is 11.0. The van der Waals surface area contributed by atoms with Crippen LogP contribution in [0.1, 0.15) is 41.4 Å². The third-order valence-electron chi connectivity index (χ3n) is 5.49. The maximum Gasteiger partial charge on any atom is 0.338 e. The summed E-state index contributed by atoms with van der Waals surface area (Å²) in [7, 11) is 0. The number of aromatic nitrogens is 1. The number of nitrogens with zero attached hydrogens (tertiary/aromatic N) is 2. The van der Waals surface area contributed by atoms with E-state index < -0.39 is 23.7 Å². The number of pyridine rings is 1. The molecule has 7 nitrogen and oxygen atoms in total. The van der Waals surface area contributed by atoms with Crippen molar-refractivity contribution in [2.45, 2.75) is 19.9 Å². The zero-order valence-electron chi connectivity index (χ0n) is 19.1. The molecule has 1 aromatic heterocycles. The van der Waals surface area contributed by atoms with Gasteiger partial charge in [-0.1, -0.05) is 31.5 Å². The third-order valence-corrected chi connectivity index (χ3v) is 5.74. The lowest BCUT2D eigenvalue weighted by molar-refractivity contribution is -0.132. The summed E-state index contributed by atoms with van der Waals surface area (Å²) in [4.78, 5) is 44.0. The van der Waals surface area contributed by atoms with E-state index in [1.807, 2.05) is 13.8 Å². The second-order valence-electron chi connectivity index (χ2n) is 8.50. The Kier molecular flexibility index (Phi) is 6.98. The van der Waals surface area contributed by atoms with Crippen molar-refractivity contribution in [3.63, 3.8) is 0 Å². The molecule has 0 spiro atoms. The SMILES string of the molecule is CC(C)COC(=O)c1ccc(N2C(=O)C(=O)/C(=C(/O)c3ccc(Cl)cc3)C2c2cccnc2)cc1. The lowest BCUT2D eigenvalue weighted by Crippen LogP contribution is -2.29. The number of carbonyl (C=O) groups is 3. The average molecular weight is 491 g/mol. The van der Waals surface area contributed by atoms with E-state index in [4.69, 9.17) is 16.3 Å². The summed E-state index contributed by atoms with van der Waals surface area (Å²) >= 11 is 5.96. The van der Waals surface area contributed by atoms with Crippen LogP contribution >= 0.6 is 11.6 Å². The van der Waals surface area contributed by atoms with Gasteiger partial charge in [-0.15, -0.1) is 0 Å². The number of esters is 1. The van der Waals surface area contributed by atoms with Gasteiger partial charge in [-0.05, 0) is 66.1 Å². The standard InChI is InChI=1S/C27H23ClN2O5/c1-16(2)15-35-27(34)18-7-11-21(12-8-18)30-23(19-4-3-13-29-14-19)22(25(32)26(30)33)24(31)17-5-9-20(28)10-6-17/h3-14,16,23,31H,15H2,1-2H3/b24-22+. The fourth-order valence-corrected chi connectivity index (χ4v) is 3.92. The Morgan fingerprint density at radius 2 is 1.71 bits per heavy atom. The van der Waals surface area contributed by atoms with Gasteiger partial charge in [0.2, 0.25) is 0 Å². The molecule has 1 N–H and O–H groups in total. The Bertz CT molecular complexity index is 1290. The van der Waals surface area contributed by atoms with Crippen LogP contribution in [0.25, 0.3) is 5.76 Å². The number of amides is 1. The molecule has 1 aliphatic rings. The number of hydrogen-bond acceptors (Lipinski definition) is 6. The van der Waals surface area contributed by atoms with Crippen molar-refractivity contribution in [3.8, 4) is 0 Å². The number of aliphatic hydroxyl groups excluding tert-OH is 1. The molecule has 1 fully saturated rings. The average Bonchev–Trinajstić information content (AvgIpc) is 3.13. The smallest absolute Gasteiger partial charge is 0.338 e.